The molecular formula is C16H24O4S. The minimum Gasteiger partial charge on any atom is -0.468 e. The summed E-state index contributed by atoms with van der Waals surface area (Å²) in [5.74, 6) is -0.692. The molecule has 0 spiro atoms. The summed E-state index contributed by atoms with van der Waals surface area (Å²) >= 11 is 0. The van der Waals surface area contributed by atoms with E-state index in [0.717, 1.165) is 19.3 Å². The van der Waals surface area contributed by atoms with Gasteiger partial charge in [-0.25, -0.2) is 8.42 Å². The van der Waals surface area contributed by atoms with Gasteiger partial charge < -0.3 is 4.74 Å². The Morgan fingerprint density at radius 2 is 1.76 bits per heavy atom. The smallest absolute Gasteiger partial charge is 0.327 e. The van der Waals surface area contributed by atoms with Crippen LogP contribution in [0, 0.1) is 0 Å². The highest BCUT2D eigenvalue weighted by Crippen LogP contribution is 2.32. The van der Waals surface area contributed by atoms with Crippen molar-refractivity contribution in [2.45, 2.75) is 55.6 Å². The molecule has 5 heteroatoms. The highest BCUT2D eigenvalue weighted by atomic mass is 32.2. The van der Waals surface area contributed by atoms with Gasteiger partial charge in [-0.3, -0.25) is 4.79 Å². The van der Waals surface area contributed by atoms with E-state index in [1.165, 1.54) is 26.2 Å². The number of carbonyl (C=O) groups is 1. The fourth-order valence-electron chi connectivity index (χ4n) is 2.31. The first kappa shape index (κ1) is 17.7. The normalized spacial score (nSPS) is 14.4. The average Bonchev–Trinajstić information content (AvgIpc) is 2.51. The van der Waals surface area contributed by atoms with E-state index in [1.54, 1.807) is 18.2 Å². The maximum Gasteiger partial charge on any atom is 0.327 e. The van der Waals surface area contributed by atoms with Gasteiger partial charge in [0.1, 0.15) is 0 Å². The predicted octanol–water partition coefficient (Wildman–Crippen LogP) is 3.36. The third kappa shape index (κ3) is 3.84. The molecule has 0 bridgehead atoms. The van der Waals surface area contributed by atoms with Gasteiger partial charge in [0.05, 0.1) is 12.0 Å². The standard InChI is InChI=1S/C16H24O4S/c1-4-5-6-10-13-16(2,15(17)20-3)21(18,19)14-11-8-7-9-12-14/h7-9,11-12H,4-6,10,13H2,1-3H3/t16-/m0/s1. The monoisotopic (exact) mass is 312 g/mol. The Balaban J connectivity index is 3.09. The number of hydrogen-bond donors (Lipinski definition) is 0. The second kappa shape index (κ2) is 7.59. The van der Waals surface area contributed by atoms with Gasteiger partial charge in [0.2, 0.25) is 0 Å². The van der Waals surface area contributed by atoms with E-state index in [0.29, 0.717) is 6.42 Å². The van der Waals surface area contributed by atoms with E-state index >= 15 is 0 Å². The number of methoxy groups -OCH3 is 1. The molecule has 0 unspecified atom stereocenters. The zero-order valence-corrected chi connectivity index (χ0v) is 13.8. The Kier molecular flexibility index (Phi) is 6.40. The summed E-state index contributed by atoms with van der Waals surface area (Å²) in [5, 5.41) is 0. The zero-order chi connectivity index (χ0) is 15.9. The Morgan fingerprint density at radius 1 is 1.14 bits per heavy atom. The Bertz CT molecular complexity index is 551. The number of hydrogen-bond acceptors (Lipinski definition) is 4. The quantitative estimate of drug-likeness (QED) is 0.545. The van der Waals surface area contributed by atoms with Gasteiger partial charge >= 0.3 is 5.97 Å². The molecule has 1 atom stereocenters. The second-order valence-electron chi connectivity index (χ2n) is 5.35. The van der Waals surface area contributed by atoms with E-state index in [-0.39, 0.29) is 11.3 Å². The summed E-state index contributed by atoms with van der Waals surface area (Å²) in [6.07, 6.45) is 3.96. The van der Waals surface area contributed by atoms with Crippen LogP contribution in [0.5, 0.6) is 0 Å². The second-order valence-corrected chi connectivity index (χ2v) is 7.73. The highest BCUT2D eigenvalue weighted by Gasteiger charge is 2.47. The number of esters is 1. The van der Waals surface area contributed by atoms with Crippen molar-refractivity contribution in [2.24, 2.45) is 0 Å². The first-order valence-electron chi connectivity index (χ1n) is 7.28. The van der Waals surface area contributed by atoms with Crippen molar-refractivity contribution >= 4 is 15.8 Å². The van der Waals surface area contributed by atoms with Gasteiger partial charge in [0.25, 0.3) is 0 Å². The van der Waals surface area contributed by atoms with Gasteiger partial charge in [-0.05, 0) is 25.5 Å². The van der Waals surface area contributed by atoms with Crippen molar-refractivity contribution in [3.8, 4) is 0 Å². The summed E-state index contributed by atoms with van der Waals surface area (Å²) < 4.78 is 28.9. The van der Waals surface area contributed by atoms with Crippen LogP contribution in [-0.4, -0.2) is 26.2 Å². The minimum absolute atomic E-state index is 0.161. The first-order chi connectivity index (χ1) is 9.90. The lowest BCUT2D eigenvalue weighted by Gasteiger charge is -2.26. The molecule has 1 aromatic rings. The minimum atomic E-state index is -3.77. The van der Waals surface area contributed by atoms with E-state index in [9.17, 15) is 13.2 Å². The van der Waals surface area contributed by atoms with Gasteiger partial charge in [-0.15, -0.1) is 0 Å². The molecule has 0 fully saturated rings. The number of unbranched alkanes of at least 4 members (excludes halogenated alkanes) is 3. The maximum atomic E-state index is 12.8. The average molecular weight is 312 g/mol. The molecule has 0 saturated carbocycles. The number of carbonyl (C=O) groups excluding carboxylic acids is 1. The molecule has 0 aliphatic heterocycles. The Morgan fingerprint density at radius 3 is 2.29 bits per heavy atom. The molecular weight excluding hydrogens is 288 g/mol. The van der Waals surface area contributed by atoms with Crippen LogP contribution >= 0.6 is 0 Å². The largest absolute Gasteiger partial charge is 0.468 e. The molecule has 0 radical (unpaired) electrons. The molecule has 21 heavy (non-hydrogen) atoms. The summed E-state index contributed by atoms with van der Waals surface area (Å²) in [4.78, 5) is 12.3. The Labute approximate surface area is 127 Å². The SMILES string of the molecule is CCCCCC[C@@](C)(C(=O)OC)S(=O)(=O)c1ccccc1. The molecule has 0 amide bonds. The molecule has 0 aromatic heterocycles. The van der Waals surface area contributed by atoms with Gasteiger partial charge in [-0.2, -0.15) is 0 Å². The van der Waals surface area contributed by atoms with E-state index in [2.05, 4.69) is 6.92 Å². The molecule has 1 rings (SSSR count). The van der Waals surface area contributed by atoms with E-state index in [4.69, 9.17) is 4.74 Å². The van der Waals surface area contributed by atoms with Crippen molar-refractivity contribution in [3.05, 3.63) is 30.3 Å². The molecule has 4 nitrogen and oxygen atoms in total. The lowest BCUT2D eigenvalue weighted by Crippen LogP contribution is -2.44. The summed E-state index contributed by atoms with van der Waals surface area (Å²) in [5.41, 5.74) is 0. The fraction of sp³-hybridized carbons (Fsp3) is 0.562. The fourth-order valence-corrected chi connectivity index (χ4v) is 4.06. The van der Waals surface area contributed by atoms with Crippen LogP contribution in [0.1, 0.15) is 46.0 Å². The van der Waals surface area contributed by atoms with E-state index < -0.39 is 20.6 Å². The summed E-state index contributed by atoms with van der Waals surface area (Å²) in [6.45, 7) is 3.55. The van der Waals surface area contributed by atoms with Gasteiger partial charge in [-0.1, -0.05) is 50.8 Å². The van der Waals surface area contributed by atoms with Crippen LogP contribution in [0.25, 0.3) is 0 Å². The van der Waals surface area contributed by atoms with Crippen LogP contribution in [0.4, 0.5) is 0 Å². The topological polar surface area (TPSA) is 60.4 Å². The van der Waals surface area contributed by atoms with E-state index in [1.807, 2.05) is 0 Å². The van der Waals surface area contributed by atoms with Gasteiger partial charge in [0, 0.05) is 0 Å². The van der Waals surface area contributed by atoms with Crippen LogP contribution in [0.15, 0.2) is 35.2 Å². The number of rotatable bonds is 8. The molecule has 0 heterocycles. The summed E-state index contributed by atoms with van der Waals surface area (Å²) in [6, 6.07) is 8.09. The molecule has 0 aliphatic rings. The third-order valence-electron chi connectivity index (χ3n) is 3.77. The lowest BCUT2D eigenvalue weighted by atomic mass is 10.0. The van der Waals surface area contributed by atoms with Crippen molar-refractivity contribution in [2.75, 3.05) is 7.11 Å². The third-order valence-corrected chi connectivity index (χ3v) is 6.22. The zero-order valence-electron chi connectivity index (χ0n) is 13.0. The van der Waals surface area contributed by atoms with Crippen LogP contribution < -0.4 is 0 Å². The highest BCUT2D eigenvalue weighted by molar-refractivity contribution is 7.93. The van der Waals surface area contributed by atoms with Crippen molar-refractivity contribution in [1.29, 1.82) is 0 Å². The van der Waals surface area contributed by atoms with Crippen molar-refractivity contribution in [1.82, 2.24) is 0 Å². The van der Waals surface area contributed by atoms with Crippen LogP contribution in [0.3, 0.4) is 0 Å². The number of sulfone groups is 1. The maximum absolute atomic E-state index is 12.8. The molecule has 0 aliphatic carbocycles. The molecule has 0 saturated heterocycles. The molecule has 1 aromatic carbocycles. The predicted molar refractivity (Wildman–Crippen MR) is 82.8 cm³/mol. The number of ether oxygens (including phenoxy) is 1. The number of benzene rings is 1. The summed E-state index contributed by atoms with van der Waals surface area (Å²) in [7, 11) is -2.54. The van der Waals surface area contributed by atoms with Crippen molar-refractivity contribution in [3.63, 3.8) is 0 Å². The van der Waals surface area contributed by atoms with Crippen LogP contribution in [0.2, 0.25) is 0 Å². The van der Waals surface area contributed by atoms with Crippen molar-refractivity contribution < 1.29 is 17.9 Å². The molecule has 0 N–H and O–H groups in total. The van der Waals surface area contributed by atoms with Crippen LogP contribution in [-0.2, 0) is 19.4 Å². The lowest BCUT2D eigenvalue weighted by molar-refractivity contribution is -0.143. The first-order valence-corrected chi connectivity index (χ1v) is 8.76. The molecule has 118 valence electrons. The Hall–Kier alpha value is -1.36. The van der Waals surface area contributed by atoms with Gasteiger partial charge in [0.15, 0.2) is 14.6 Å².